The number of methoxy groups -OCH3 is 1. The monoisotopic (exact) mass is 416 g/mol. The fraction of sp³-hybridized carbons (Fsp3) is 0.200. The molecule has 0 saturated carbocycles. The highest BCUT2D eigenvalue weighted by atomic mass is 16.5. The van der Waals surface area contributed by atoms with Gasteiger partial charge in [0, 0.05) is 18.3 Å². The molecule has 0 radical (unpaired) electrons. The molecule has 1 aliphatic rings. The maximum absolute atomic E-state index is 12.5. The van der Waals surface area contributed by atoms with Crippen LogP contribution in [0.1, 0.15) is 35.1 Å². The van der Waals surface area contributed by atoms with E-state index in [9.17, 15) is 14.7 Å². The van der Waals surface area contributed by atoms with Crippen LogP contribution in [0.2, 0.25) is 0 Å². The van der Waals surface area contributed by atoms with Crippen molar-refractivity contribution in [3.8, 4) is 16.9 Å². The molecule has 3 aromatic rings. The summed E-state index contributed by atoms with van der Waals surface area (Å²) < 4.78 is 10.7. The van der Waals surface area contributed by atoms with Crippen molar-refractivity contribution in [1.82, 2.24) is 5.32 Å². The van der Waals surface area contributed by atoms with Gasteiger partial charge in [0.1, 0.15) is 12.4 Å². The number of carboxylic acid groups (broad SMARTS) is 1. The molecule has 158 valence electrons. The number of carboxylic acids is 1. The van der Waals surface area contributed by atoms with Gasteiger partial charge in [-0.1, -0.05) is 60.7 Å². The summed E-state index contributed by atoms with van der Waals surface area (Å²) in [5, 5.41) is 13.9. The quantitative estimate of drug-likeness (QED) is 0.638. The van der Waals surface area contributed by atoms with Crippen LogP contribution in [0.25, 0.3) is 11.1 Å². The summed E-state index contributed by atoms with van der Waals surface area (Å²) in [7, 11) is 1.54. The number of rotatable bonds is 7. The van der Waals surface area contributed by atoms with Crippen LogP contribution in [0.4, 0.5) is 4.79 Å². The van der Waals surface area contributed by atoms with E-state index in [0.29, 0.717) is 11.3 Å². The molecule has 1 N–H and O–H groups in total. The van der Waals surface area contributed by atoms with Gasteiger partial charge in [0.25, 0.3) is 0 Å². The zero-order valence-corrected chi connectivity index (χ0v) is 17.0. The largest absolute Gasteiger partial charge is 0.550 e. The molecule has 4 rings (SSSR count). The van der Waals surface area contributed by atoms with Crippen LogP contribution >= 0.6 is 0 Å². The number of carbonyl (C=O) groups excluding carboxylic acids is 2. The number of alkyl carbamates (subject to hydrolysis) is 1. The standard InChI is InChI=1S/C25H23NO5/c1-30-17-12-10-16(11-13-17)23(14-24(27)28)26-25(29)31-15-22-20-8-4-2-6-18(20)19-7-3-5-9-21(19)22/h2-13,22-23H,14-15H2,1H3,(H,26,29)(H,27,28)/p-1/t23-/m0/s1. The number of fused-ring (bicyclic) bond motifs is 3. The fourth-order valence-corrected chi connectivity index (χ4v) is 4.04. The van der Waals surface area contributed by atoms with E-state index in [1.54, 1.807) is 31.4 Å². The van der Waals surface area contributed by atoms with E-state index in [0.717, 1.165) is 22.3 Å². The molecule has 0 bridgehead atoms. The molecular weight excluding hydrogens is 394 g/mol. The second-order valence-electron chi connectivity index (χ2n) is 7.37. The zero-order chi connectivity index (χ0) is 21.8. The maximum atomic E-state index is 12.5. The first-order valence-electron chi connectivity index (χ1n) is 10.0. The number of ether oxygens (including phenoxy) is 2. The normalized spacial score (nSPS) is 13.1. The summed E-state index contributed by atoms with van der Waals surface area (Å²) in [6.45, 7) is 0.153. The Bertz CT molecular complexity index is 1050. The lowest BCUT2D eigenvalue weighted by molar-refractivity contribution is -0.306. The molecule has 0 spiro atoms. The molecule has 0 aromatic heterocycles. The summed E-state index contributed by atoms with van der Waals surface area (Å²) >= 11 is 0. The van der Waals surface area contributed by atoms with Crippen LogP contribution in [0.5, 0.6) is 5.75 Å². The van der Waals surface area contributed by atoms with Gasteiger partial charge >= 0.3 is 6.09 Å². The van der Waals surface area contributed by atoms with Crippen molar-refractivity contribution in [2.24, 2.45) is 0 Å². The molecule has 0 aliphatic heterocycles. The van der Waals surface area contributed by atoms with Gasteiger partial charge in [-0.2, -0.15) is 0 Å². The Morgan fingerprint density at radius 3 is 2.06 bits per heavy atom. The maximum Gasteiger partial charge on any atom is 0.407 e. The van der Waals surface area contributed by atoms with Crippen molar-refractivity contribution in [2.75, 3.05) is 13.7 Å². The number of amides is 1. The molecule has 3 aromatic carbocycles. The second kappa shape index (κ2) is 8.92. The minimum atomic E-state index is -1.26. The minimum Gasteiger partial charge on any atom is -0.550 e. The summed E-state index contributed by atoms with van der Waals surface area (Å²) in [4.78, 5) is 23.7. The Morgan fingerprint density at radius 1 is 0.935 bits per heavy atom. The minimum absolute atomic E-state index is 0.0706. The third kappa shape index (κ3) is 4.38. The molecule has 0 fully saturated rings. The van der Waals surface area contributed by atoms with Crippen molar-refractivity contribution in [1.29, 1.82) is 0 Å². The van der Waals surface area contributed by atoms with E-state index in [4.69, 9.17) is 9.47 Å². The predicted molar refractivity (Wildman–Crippen MR) is 114 cm³/mol. The summed E-state index contributed by atoms with van der Waals surface area (Å²) in [5.41, 5.74) is 5.12. The van der Waals surface area contributed by atoms with Crippen LogP contribution in [0, 0.1) is 0 Å². The predicted octanol–water partition coefficient (Wildman–Crippen LogP) is 3.42. The van der Waals surface area contributed by atoms with Crippen molar-refractivity contribution in [3.05, 3.63) is 89.5 Å². The van der Waals surface area contributed by atoms with Gasteiger partial charge in [0.15, 0.2) is 0 Å². The lowest BCUT2D eigenvalue weighted by atomic mass is 9.98. The summed E-state index contributed by atoms with van der Waals surface area (Å²) in [6, 6.07) is 22.2. The third-order valence-electron chi connectivity index (χ3n) is 5.52. The zero-order valence-electron chi connectivity index (χ0n) is 17.0. The molecular formula is C25H22NO5-. The second-order valence-corrected chi connectivity index (χ2v) is 7.37. The highest BCUT2D eigenvalue weighted by Gasteiger charge is 2.29. The average Bonchev–Trinajstić information content (AvgIpc) is 3.11. The SMILES string of the molecule is COc1ccc([C@H](CC(=O)[O-])NC(=O)OCC2c3ccccc3-c3ccccc32)cc1. The molecule has 0 heterocycles. The number of nitrogens with one attached hydrogen (secondary N) is 1. The highest BCUT2D eigenvalue weighted by molar-refractivity contribution is 5.79. The molecule has 6 nitrogen and oxygen atoms in total. The Labute approximate surface area is 180 Å². The Morgan fingerprint density at radius 2 is 1.52 bits per heavy atom. The lowest BCUT2D eigenvalue weighted by Gasteiger charge is -2.21. The van der Waals surface area contributed by atoms with Crippen molar-refractivity contribution < 1.29 is 24.2 Å². The van der Waals surface area contributed by atoms with E-state index in [1.165, 1.54) is 0 Å². The number of benzene rings is 3. The Kier molecular flexibility index (Phi) is 5.89. The van der Waals surface area contributed by atoms with E-state index in [1.807, 2.05) is 36.4 Å². The number of hydrogen-bond donors (Lipinski definition) is 1. The average molecular weight is 416 g/mol. The van der Waals surface area contributed by atoms with E-state index < -0.39 is 18.1 Å². The van der Waals surface area contributed by atoms with Gasteiger partial charge in [0.2, 0.25) is 0 Å². The topological polar surface area (TPSA) is 87.7 Å². The summed E-state index contributed by atoms with van der Waals surface area (Å²) in [6.07, 6.45) is -1.04. The van der Waals surface area contributed by atoms with Gasteiger partial charge in [0.05, 0.1) is 13.2 Å². The van der Waals surface area contributed by atoms with Gasteiger partial charge in [-0.3, -0.25) is 0 Å². The molecule has 1 aliphatic carbocycles. The molecule has 0 unspecified atom stereocenters. The van der Waals surface area contributed by atoms with Crippen molar-refractivity contribution in [2.45, 2.75) is 18.4 Å². The molecule has 6 heteroatoms. The van der Waals surface area contributed by atoms with Gasteiger partial charge in [-0.15, -0.1) is 0 Å². The highest BCUT2D eigenvalue weighted by Crippen LogP contribution is 2.44. The smallest absolute Gasteiger partial charge is 0.407 e. The third-order valence-corrected chi connectivity index (χ3v) is 5.52. The molecule has 1 amide bonds. The summed E-state index contributed by atoms with van der Waals surface area (Å²) in [5.74, 6) is -0.699. The first kappa shape index (κ1) is 20.5. The fourth-order valence-electron chi connectivity index (χ4n) is 4.04. The van der Waals surface area contributed by atoms with E-state index >= 15 is 0 Å². The van der Waals surface area contributed by atoms with Gasteiger partial charge in [-0.05, 0) is 39.9 Å². The van der Waals surface area contributed by atoms with Crippen LogP contribution in [-0.4, -0.2) is 25.8 Å². The lowest BCUT2D eigenvalue weighted by Crippen LogP contribution is -2.35. The molecule has 0 saturated heterocycles. The van der Waals surface area contributed by atoms with Gasteiger partial charge < -0.3 is 24.7 Å². The van der Waals surface area contributed by atoms with Crippen LogP contribution in [-0.2, 0) is 9.53 Å². The molecule has 31 heavy (non-hydrogen) atoms. The van der Waals surface area contributed by atoms with Gasteiger partial charge in [-0.25, -0.2) is 4.79 Å². The first-order chi connectivity index (χ1) is 15.1. The Hall–Kier alpha value is -3.80. The van der Waals surface area contributed by atoms with Crippen LogP contribution in [0.15, 0.2) is 72.8 Å². The molecule has 1 atom stereocenters. The number of aliphatic carboxylic acids is 1. The Balaban J connectivity index is 1.47. The van der Waals surface area contributed by atoms with E-state index in [-0.39, 0.29) is 18.9 Å². The van der Waals surface area contributed by atoms with E-state index in [2.05, 4.69) is 17.4 Å². The van der Waals surface area contributed by atoms with Crippen molar-refractivity contribution in [3.63, 3.8) is 0 Å². The first-order valence-corrected chi connectivity index (χ1v) is 10.0. The van der Waals surface area contributed by atoms with Crippen LogP contribution in [0.3, 0.4) is 0 Å². The van der Waals surface area contributed by atoms with Crippen LogP contribution < -0.4 is 15.2 Å². The number of hydrogen-bond acceptors (Lipinski definition) is 5. The van der Waals surface area contributed by atoms with Crippen molar-refractivity contribution >= 4 is 12.1 Å². The number of carbonyl (C=O) groups is 2.